The number of amides is 1. The number of likely N-dealkylation sites (tertiary alicyclic amines) is 1. The Morgan fingerprint density at radius 1 is 0.894 bits per heavy atom. The summed E-state index contributed by atoms with van der Waals surface area (Å²) in [4.78, 5) is 35.5. The Balaban J connectivity index is 1.09. The van der Waals surface area contributed by atoms with Gasteiger partial charge in [-0.05, 0) is 111 Å². The normalized spacial score (nSPS) is 22.6. The lowest BCUT2D eigenvalue weighted by molar-refractivity contribution is 0.0600. The maximum absolute atomic E-state index is 13.6. The van der Waals surface area contributed by atoms with Crippen molar-refractivity contribution in [1.29, 1.82) is 0 Å². The molecule has 4 heterocycles. The smallest absolute Gasteiger partial charge is 0.337 e. The highest BCUT2D eigenvalue weighted by Gasteiger charge is 2.44. The molecule has 3 aliphatic heterocycles. The highest BCUT2D eigenvalue weighted by Crippen LogP contribution is 2.45. The van der Waals surface area contributed by atoms with Crippen LogP contribution in [0.25, 0.3) is 11.0 Å². The number of para-hydroxylation sites is 2. The summed E-state index contributed by atoms with van der Waals surface area (Å²) in [6.45, 7) is 9.19. The molecule has 0 radical (unpaired) electrons. The zero-order chi connectivity index (χ0) is 32.7. The summed E-state index contributed by atoms with van der Waals surface area (Å²) in [5.41, 5.74) is 6.14. The van der Waals surface area contributed by atoms with Crippen molar-refractivity contribution in [2.24, 2.45) is 0 Å². The Kier molecular flexibility index (Phi) is 8.69. The number of ether oxygens (including phenoxy) is 1. The van der Waals surface area contributed by atoms with Crippen molar-refractivity contribution >= 4 is 22.9 Å². The van der Waals surface area contributed by atoms with Crippen LogP contribution in [-0.4, -0.2) is 70.1 Å². The molecule has 3 aromatic carbocycles. The molecule has 1 amide bonds. The molecule has 2 atom stereocenters. The predicted molar refractivity (Wildman–Crippen MR) is 186 cm³/mol. The van der Waals surface area contributed by atoms with Crippen LogP contribution < -0.4 is 0 Å². The fourth-order valence-corrected chi connectivity index (χ4v) is 8.92. The molecule has 7 nitrogen and oxygen atoms in total. The monoisotopic (exact) mass is 632 g/mol. The number of carbonyl (C=O) groups is 2. The van der Waals surface area contributed by atoms with Crippen molar-refractivity contribution in [3.8, 4) is 0 Å². The maximum atomic E-state index is 13.6. The Labute approximate surface area is 278 Å². The summed E-state index contributed by atoms with van der Waals surface area (Å²) in [6, 6.07) is 26.5. The van der Waals surface area contributed by atoms with Gasteiger partial charge >= 0.3 is 5.97 Å². The van der Waals surface area contributed by atoms with Crippen LogP contribution in [0.3, 0.4) is 0 Å². The third-order valence-corrected chi connectivity index (χ3v) is 11.5. The molecule has 2 unspecified atom stereocenters. The van der Waals surface area contributed by atoms with E-state index >= 15 is 0 Å². The Hall–Kier alpha value is -3.97. The van der Waals surface area contributed by atoms with Crippen LogP contribution in [0.2, 0.25) is 0 Å². The van der Waals surface area contributed by atoms with Crippen molar-refractivity contribution in [2.75, 3.05) is 26.7 Å². The van der Waals surface area contributed by atoms with Gasteiger partial charge < -0.3 is 14.2 Å². The van der Waals surface area contributed by atoms with E-state index in [-0.39, 0.29) is 11.3 Å². The van der Waals surface area contributed by atoms with Gasteiger partial charge in [0.1, 0.15) is 5.82 Å². The van der Waals surface area contributed by atoms with Crippen molar-refractivity contribution in [2.45, 2.75) is 95.2 Å². The van der Waals surface area contributed by atoms with Gasteiger partial charge in [-0.1, -0.05) is 56.3 Å². The van der Waals surface area contributed by atoms with Gasteiger partial charge in [-0.2, -0.15) is 0 Å². The molecule has 7 rings (SSSR count). The molecule has 4 aromatic rings. The third kappa shape index (κ3) is 5.99. The molecule has 2 bridgehead atoms. The van der Waals surface area contributed by atoms with Gasteiger partial charge in [-0.25, -0.2) is 9.78 Å². The second-order valence-electron chi connectivity index (χ2n) is 14.4. The SMILES string of the molecule is COC(=O)c1cccc(C(=O)N2CCC(CCN3C4CCC3CC(n3c(C)nc5ccccc53)C4)(c3cccc(C(C)C)c3)CC2)c1. The van der Waals surface area contributed by atoms with Crippen molar-refractivity contribution in [3.63, 3.8) is 0 Å². The van der Waals surface area contributed by atoms with Gasteiger partial charge in [-0.15, -0.1) is 0 Å². The maximum Gasteiger partial charge on any atom is 0.337 e. The summed E-state index contributed by atoms with van der Waals surface area (Å²) >= 11 is 0. The van der Waals surface area contributed by atoms with E-state index in [1.165, 1.54) is 49.4 Å². The molecule has 3 saturated heterocycles. The summed E-state index contributed by atoms with van der Waals surface area (Å²) in [5.74, 6) is 1.16. The van der Waals surface area contributed by atoms with Crippen LogP contribution in [0.4, 0.5) is 0 Å². The minimum atomic E-state index is -0.422. The van der Waals surface area contributed by atoms with Crippen LogP contribution in [-0.2, 0) is 10.2 Å². The number of methoxy groups -OCH3 is 1. The van der Waals surface area contributed by atoms with E-state index in [1.54, 1.807) is 24.3 Å². The van der Waals surface area contributed by atoms with E-state index in [4.69, 9.17) is 9.72 Å². The summed E-state index contributed by atoms with van der Waals surface area (Å²) in [5, 5.41) is 0. The van der Waals surface area contributed by atoms with Crippen molar-refractivity contribution < 1.29 is 14.3 Å². The molecule has 0 aliphatic carbocycles. The molecule has 0 spiro atoms. The molecule has 0 saturated carbocycles. The first-order valence-corrected chi connectivity index (χ1v) is 17.5. The van der Waals surface area contributed by atoms with E-state index in [0.29, 0.717) is 48.3 Å². The number of nitrogens with zero attached hydrogens (tertiary/aromatic N) is 4. The molecule has 246 valence electrons. The second kappa shape index (κ2) is 12.9. The highest BCUT2D eigenvalue weighted by molar-refractivity contribution is 5.98. The lowest BCUT2D eigenvalue weighted by Crippen LogP contribution is -2.49. The van der Waals surface area contributed by atoms with Crippen LogP contribution in [0.1, 0.15) is 108 Å². The van der Waals surface area contributed by atoms with E-state index in [9.17, 15) is 9.59 Å². The second-order valence-corrected chi connectivity index (χ2v) is 14.4. The zero-order valence-electron chi connectivity index (χ0n) is 28.3. The molecule has 0 N–H and O–H groups in total. The lowest BCUT2D eigenvalue weighted by Gasteiger charge is -2.46. The van der Waals surface area contributed by atoms with Crippen LogP contribution in [0.15, 0.2) is 72.8 Å². The van der Waals surface area contributed by atoms with Gasteiger partial charge in [0.2, 0.25) is 0 Å². The van der Waals surface area contributed by atoms with Crippen LogP contribution >= 0.6 is 0 Å². The average molecular weight is 633 g/mol. The number of aryl methyl sites for hydroxylation is 1. The first-order valence-electron chi connectivity index (χ1n) is 17.5. The number of imidazole rings is 1. The van der Waals surface area contributed by atoms with Crippen LogP contribution in [0.5, 0.6) is 0 Å². The van der Waals surface area contributed by atoms with Gasteiger partial charge in [-0.3, -0.25) is 9.69 Å². The third-order valence-electron chi connectivity index (χ3n) is 11.5. The standard InChI is InChI=1S/C40H48N4O3/c1-27(2)29-9-8-12-32(24-29)40(17-20-42(21-18-40)38(45)30-10-7-11-31(23-30)39(46)47-4)19-22-43-33-15-16-34(43)26-35(25-33)44-28(3)41-36-13-5-6-14-37(36)44/h5-14,23-24,27,33-35H,15-22,25-26H2,1-4H3. The van der Waals surface area contributed by atoms with Crippen LogP contribution in [0, 0.1) is 6.92 Å². The fourth-order valence-electron chi connectivity index (χ4n) is 8.92. The molecular weight excluding hydrogens is 584 g/mol. The van der Waals surface area contributed by atoms with E-state index in [0.717, 1.165) is 37.1 Å². The number of carbonyl (C=O) groups excluding carboxylic acids is 2. The van der Waals surface area contributed by atoms with Gasteiger partial charge in [0.05, 0.1) is 23.7 Å². The molecule has 1 aromatic heterocycles. The molecule has 3 aliphatic rings. The minimum Gasteiger partial charge on any atom is -0.465 e. The topological polar surface area (TPSA) is 67.7 Å². The fraction of sp³-hybridized carbons (Fsp3) is 0.475. The van der Waals surface area contributed by atoms with E-state index < -0.39 is 5.97 Å². The van der Waals surface area contributed by atoms with Crippen molar-refractivity contribution in [1.82, 2.24) is 19.4 Å². The number of hydrogen-bond donors (Lipinski definition) is 0. The number of aromatic nitrogens is 2. The molecular formula is C40H48N4O3. The highest BCUT2D eigenvalue weighted by atomic mass is 16.5. The number of benzene rings is 3. The Morgan fingerprint density at radius 3 is 2.32 bits per heavy atom. The van der Waals surface area contributed by atoms with E-state index in [2.05, 4.69) is 78.8 Å². The minimum absolute atomic E-state index is 0.0114. The predicted octanol–water partition coefficient (Wildman–Crippen LogP) is 7.69. The molecule has 7 heteroatoms. The average Bonchev–Trinajstić information content (AvgIpc) is 3.56. The van der Waals surface area contributed by atoms with Gasteiger partial charge in [0, 0.05) is 36.8 Å². The lowest BCUT2D eigenvalue weighted by atomic mass is 9.69. The quantitative estimate of drug-likeness (QED) is 0.186. The number of esters is 1. The van der Waals surface area contributed by atoms with Gasteiger partial charge in [0.25, 0.3) is 5.91 Å². The number of hydrogen-bond acceptors (Lipinski definition) is 5. The van der Waals surface area contributed by atoms with E-state index in [1.807, 2.05) is 4.90 Å². The Morgan fingerprint density at radius 2 is 1.60 bits per heavy atom. The molecule has 47 heavy (non-hydrogen) atoms. The Bertz CT molecular complexity index is 1750. The largest absolute Gasteiger partial charge is 0.465 e. The number of fused-ring (bicyclic) bond motifs is 3. The van der Waals surface area contributed by atoms with Gasteiger partial charge in [0.15, 0.2) is 0 Å². The molecule has 3 fully saturated rings. The summed E-state index contributed by atoms with van der Waals surface area (Å²) in [6.07, 6.45) is 7.87. The summed E-state index contributed by atoms with van der Waals surface area (Å²) in [7, 11) is 1.37. The number of rotatable bonds is 8. The number of piperidine rings is 2. The first kappa shape index (κ1) is 31.6. The summed E-state index contributed by atoms with van der Waals surface area (Å²) < 4.78 is 7.41. The zero-order valence-corrected chi connectivity index (χ0v) is 28.3. The van der Waals surface area contributed by atoms with Crippen molar-refractivity contribution in [3.05, 3.63) is 101 Å². The first-order chi connectivity index (χ1) is 22.8.